The average molecular weight is 293 g/mol. The molecule has 2 fully saturated rings. The number of likely N-dealkylation sites (tertiary alicyclic amines) is 1. The van der Waals surface area contributed by atoms with E-state index in [1.54, 1.807) is 0 Å². The molecule has 0 aliphatic carbocycles. The SMILES string of the molecule is Clc1cc(C2CCNCC2)ccc1CN1CCCCC1. The van der Waals surface area contributed by atoms with E-state index in [9.17, 15) is 0 Å². The van der Waals surface area contributed by atoms with Crippen LogP contribution < -0.4 is 5.32 Å². The van der Waals surface area contributed by atoms with Crippen LogP contribution in [0.3, 0.4) is 0 Å². The molecule has 3 rings (SSSR count). The predicted octanol–water partition coefficient (Wildman–Crippen LogP) is 3.79. The van der Waals surface area contributed by atoms with Gasteiger partial charge < -0.3 is 5.32 Å². The summed E-state index contributed by atoms with van der Waals surface area (Å²) in [5.74, 6) is 0.692. The van der Waals surface area contributed by atoms with E-state index in [-0.39, 0.29) is 0 Å². The lowest BCUT2D eigenvalue weighted by Crippen LogP contribution is -2.29. The lowest BCUT2D eigenvalue weighted by Gasteiger charge is -2.27. The zero-order valence-corrected chi connectivity index (χ0v) is 13.0. The molecular formula is C17H25ClN2. The first-order chi connectivity index (χ1) is 9.83. The number of hydrogen-bond donors (Lipinski definition) is 1. The van der Waals surface area contributed by atoms with Crippen molar-refractivity contribution in [2.75, 3.05) is 26.2 Å². The van der Waals surface area contributed by atoms with Crippen LogP contribution in [-0.2, 0) is 6.54 Å². The molecule has 2 heterocycles. The fraction of sp³-hybridized carbons (Fsp3) is 0.647. The fourth-order valence-corrected chi connectivity index (χ4v) is 3.71. The lowest BCUT2D eigenvalue weighted by atomic mass is 9.90. The highest BCUT2D eigenvalue weighted by atomic mass is 35.5. The molecule has 0 amide bonds. The highest BCUT2D eigenvalue weighted by molar-refractivity contribution is 6.31. The first-order valence-corrected chi connectivity index (χ1v) is 8.42. The van der Waals surface area contributed by atoms with Crippen LogP contribution in [-0.4, -0.2) is 31.1 Å². The molecule has 2 nitrogen and oxygen atoms in total. The van der Waals surface area contributed by atoms with Crippen molar-refractivity contribution in [3.63, 3.8) is 0 Å². The first kappa shape index (κ1) is 14.4. The normalized spacial score (nSPS) is 22.1. The Kier molecular flexibility index (Phi) is 4.98. The molecule has 1 N–H and O–H groups in total. The second kappa shape index (κ2) is 6.93. The van der Waals surface area contributed by atoms with Crippen molar-refractivity contribution in [1.82, 2.24) is 10.2 Å². The molecule has 3 heteroatoms. The molecule has 0 unspecified atom stereocenters. The minimum atomic E-state index is 0.692. The summed E-state index contributed by atoms with van der Waals surface area (Å²) in [7, 11) is 0. The van der Waals surface area contributed by atoms with E-state index >= 15 is 0 Å². The summed E-state index contributed by atoms with van der Waals surface area (Å²) in [6, 6.07) is 6.78. The summed E-state index contributed by atoms with van der Waals surface area (Å²) in [5.41, 5.74) is 2.73. The Bertz CT molecular complexity index is 435. The van der Waals surface area contributed by atoms with Gasteiger partial charge in [-0.1, -0.05) is 30.2 Å². The van der Waals surface area contributed by atoms with Crippen molar-refractivity contribution in [1.29, 1.82) is 0 Å². The second-order valence-electron chi connectivity index (χ2n) is 6.21. The monoisotopic (exact) mass is 292 g/mol. The van der Waals surface area contributed by atoms with Crippen LogP contribution >= 0.6 is 11.6 Å². The largest absolute Gasteiger partial charge is 0.317 e. The smallest absolute Gasteiger partial charge is 0.0453 e. The molecule has 2 saturated heterocycles. The van der Waals surface area contributed by atoms with Crippen LogP contribution in [0.2, 0.25) is 5.02 Å². The minimum absolute atomic E-state index is 0.692. The van der Waals surface area contributed by atoms with Gasteiger partial charge in [0.15, 0.2) is 0 Å². The molecule has 110 valence electrons. The molecule has 20 heavy (non-hydrogen) atoms. The van der Waals surface area contributed by atoms with Crippen molar-refractivity contribution in [2.24, 2.45) is 0 Å². The van der Waals surface area contributed by atoms with Gasteiger partial charge in [-0.15, -0.1) is 0 Å². The molecule has 0 radical (unpaired) electrons. The number of nitrogens with one attached hydrogen (secondary N) is 1. The summed E-state index contributed by atoms with van der Waals surface area (Å²) in [4.78, 5) is 2.54. The van der Waals surface area contributed by atoms with Crippen LogP contribution in [0.1, 0.15) is 49.1 Å². The fourth-order valence-electron chi connectivity index (χ4n) is 3.46. The highest BCUT2D eigenvalue weighted by Gasteiger charge is 2.17. The van der Waals surface area contributed by atoms with Crippen LogP contribution in [0.15, 0.2) is 18.2 Å². The van der Waals surface area contributed by atoms with Crippen molar-refractivity contribution in [3.8, 4) is 0 Å². The number of piperidine rings is 2. The van der Waals surface area contributed by atoms with Crippen molar-refractivity contribution in [3.05, 3.63) is 34.3 Å². The Balaban J connectivity index is 1.66. The number of halogens is 1. The number of nitrogens with zero attached hydrogens (tertiary/aromatic N) is 1. The Hall–Kier alpha value is -0.570. The summed E-state index contributed by atoms with van der Waals surface area (Å²) in [6.07, 6.45) is 6.54. The van der Waals surface area contributed by atoms with Crippen LogP contribution in [0.4, 0.5) is 0 Å². The second-order valence-corrected chi connectivity index (χ2v) is 6.62. The van der Waals surface area contributed by atoms with Crippen molar-refractivity contribution in [2.45, 2.75) is 44.6 Å². The Morgan fingerprint density at radius 3 is 2.55 bits per heavy atom. The van der Waals surface area contributed by atoms with E-state index in [0.29, 0.717) is 5.92 Å². The molecule has 2 aliphatic heterocycles. The highest BCUT2D eigenvalue weighted by Crippen LogP contribution is 2.29. The van der Waals surface area contributed by atoms with Gasteiger partial charge in [-0.3, -0.25) is 4.90 Å². The van der Waals surface area contributed by atoms with E-state index in [1.165, 1.54) is 56.3 Å². The van der Waals surface area contributed by atoms with E-state index in [2.05, 4.69) is 28.4 Å². The van der Waals surface area contributed by atoms with Gasteiger partial charge in [0.05, 0.1) is 0 Å². The third-order valence-electron chi connectivity index (χ3n) is 4.73. The summed E-state index contributed by atoms with van der Waals surface area (Å²) in [6.45, 7) is 5.75. The molecule has 1 aromatic rings. The quantitative estimate of drug-likeness (QED) is 0.912. The predicted molar refractivity (Wildman–Crippen MR) is 85.4 cm³/mol. The third kappa shape index (κ3) is 3.55. The molecule has 1 aromatic carbocycles. The number of hydrogen-bond acceptors (Lipinski definition) is 2. The number of rotatable bonds is 3. The lowest BCUT2D eigenvalue weighted by molar-refractivity contribution is 0.221. The van der Waals surface area contributed by atoms with E-state index < -0.39 is 0 Å². The average Bonchev–Trinajstić information content (AvgIpc) is 2.51. The third-order valence-corrected chi connectivity index (χ3v) is 5.08. The van der Waals surface area contributed by atoms with Crippen LogP contribution in [0.25, 0.3) is 0 Å². The Labute approximate surface area is 127 Å². The van der Waals surface area contributed by atoms with E-state index in [1.807, 2.05) is 0 Å². The Morgan fingerprint density at radius 2 is 1.85 bits per heavy atom. The van der Waals surface area contributed by atoms with Gasteiger partial charge in [0.25, 0.3) is 0 Å². The zero-order chi connectivity index (χ0) is 13.8. The molecule has 0 bridgehead atoms. The number of benzene rings is 1. The minimum Gasteiger partial charge on any atom is -0.317 e. The van der Waals surface area contributed by atoms with Gasteiger partial charge in [0.2, 0.25) is 0 Å². The standard InChI is InChI=1S/C17H25ClN2/c18-17-12-15(14-6-8-19-9-7-14)4-5-16(17)13-20-10-2-1-3-11-20/h4-5,12,14,19H,1-3,6-11,13H2. The van der Waals surface area contributed by atoms with Gasteiger partial charge in [-0.25, -0.2) is 0 Å². The van der Waals surface area contributed by atoms with Crippen LogP contribution in [0, 0.1) is 0 Å². The zero-order valence-electron chi connectivity index (χ0n) is 12.2. The van der Waals surface area contributed by atoms with Crippen LogP contribution in [0.5, 0.6) is 0 Å². The molecule has 0 saturated carbocycles. The maximum atomic E-state index is 6.53. The van der Waals surface area contributed by atoms with E-state index in [0.717, 1.165) is 24.7 Å². The van der Waals surface area contributed by atoms with Gasteiger partial charge >= 0.3 is 0 Å². The summed E-state index contributed by atoms with van der Waals surface area (Å²) in [5, 5.41) is 4.39. The van der Waals surface area contributed by atoms with Crippen molar-refractivity contribution < 1.29 is 0 Å². The summed E-state index contributed by atoms with van der Waals surface area (Å²) < 4.78 is 0. The maximum absolute atomic E-state index is 6.53. The molecule has 2 aliphatic rings. The van der Waals surface area contributed by atoms with Gasteiger partial charge in [0.1, 0.15) is 0 Å². The molecule has 0 atom stereocenters. The van der Waals surface area contributed by atoms with Gasteiger partial charge in [-0.2, -0.15) is 0 Å². The molecular weight excluding hydrogens is 268 g/mol. The molecule has 0 aromatic heterocycles. The van der Waals surface area contributed by atoms with E-state index in [4.69, 9.17) is 11.6 Å². The van der Waals surface area contributed by atoms with Crippen molar-refractivity contribution >= 4 is 11.6 Å². The summed E-state index contributed by atoms with van der Waals surface area (Å²) >= 11 is 6.53. The topological polar surface area (TPSA) is 15.3 Å². The maximum Gasteiger partial charge on any atom is 0.0453 e. The van der Waals surface area contributed by atoms with Gasteiger partial charge in [0, 0.05) is 11.6 Å². The Morgan fingerprint density at radius 1 is 1.10 bits per heavy atom. The van der Waals surface area contributed by atoms with Gasteiger partial charge in [-0.05, 0) is 75.0 Å². The molecule has 0 spiro atoms. The first-order valence-electron chi connectivity index (χ1n) is 8.04.